The zero-order chi connectivity index (χ0) is 21.1. The van der Waals surface area contributed by atoms with Gasteiger partial charge in [0.25, 0.3) is 11.6 Å². The van der Waals surface area contributed by atoms with E-state index in [1.54, 1.807) is 13.8 Å². The Morgan fingerprint density at radius 3 is 2.39 bits per heavy atom. The fourth-order valence-corrected chi connectivity index (χ4v) is 3.41. The number of amides is 1. The standard InChI is InChI=1S/C20H27F3N2O3/c1-5-6-7-8-16-11-19(27,20(21,22)23)25(24-16)17(26)12-28-18-14(3)9-13(2)10-15(18)4/h9-10,27H,5-8,11-12H2,1-4H3/t19-/m1/s1. The first-order valence-corrected chi connectivity index (χ1v) is 9.38. The predicted molar refractivity (Wildman–Crippen MR) is 100 cm³/mol. The Hall–Kier alpha value is -2.09. The molecule has 1 N–H and O–H groups in total. The van der Waals surface area contributed by atoms with E-state index in [9.17, 15) is 23.1 Å². The highest BCUT2D eigenvalue weighted by atomic mass is 19.4. The van der Waals surface area contributed by atoms with Crippen molar-refractivity contribution >= 4 is 11.6 Å². The van der Waals surface area contributed by atoms with Gasteiger partial charge in [-0.3, -0.25) is 4.79 Å². The molecule has 1 heterocycles. The van der Waals surface area contributed by atoms with Crippen molar-refractivity contribution in [2.24, 2.45) is 5.10 Å². The van der Waals surface area contributed by atoms with Crippen molar-refractivity contribution in [2.75, 3.05) is 6.61 Å². The first-order valence-electron chi connectivity index (χ1n) is 9.38. The zero-order valence-corrected chi connectivity index (χ0v) is 16.7. The molecule has 0 unspecified atom stereocenters. The molecule has 1 aromatic rings. The maximum Gasteiger partial charge on any atom is 0.438 e. The summed E-state index contributed by atoms with van der Waals surface area (Å²) < 4.78 is 46.0. The Bertz CT molecular complexity index is 739. The number of hydrogen-bond acceptors (Lipinski definition) is 4. The predicted octanol–water partition coefficient (Wildman–Crippen LogP) is 4.41. The minimum atomic E-state index is -5.02. The van der Waals surface area contributed by atoms with Crippen LogP contribution in [-0.4, -0.2) is 40.2 Å². The highest BCUT2D eigenvalue weighted by molar-refractivity contribution is 5.91. The van der Waals surface area contributed by atoms with E-state index in [1.165, 1.54) is 0 Å². The van der Waals surface area contributed by atoms with Crippen molar-refractivity contribution in [3.05, 3.63) is 28.8 Å². The molecule has 0 fully saturated rings. The lowest BCUT2D eigenvalue weighted by Gasteiger charge is -2.32. The van der Waals surface area contributed by atoms with Crippen LogP contribution >= 0.6 is 0 Å². The van der Waals surface area contributed by atoms with Crippen LogP contribution in [0.3, 0.4) is 0 Å². The normalized spacial score (nSPS) is 19.7. The Balaban J connectivity index is 2.17. The third-order valence-corrected chi connectivity index (χ3v) is 4.75. The van der Waals surface area contributed by atoms with Gasteiger partial charge >= 0.3 is 6.18 Å². The molecule has 5 nitrogen and oxygen atoms in total. The Morgan fingerprint density at radius 1 is 1.25 bits per heavy atom. The van der Waals surface area contributed by atoms with E-state index in [0.717, 1.165) is 29.5 Å². The van der Waals surface area contributed by atoms with E-state index < -0.39 is 30.8 Å². The quantitative estimate of drug-likeness (QED) is 0.690. The minimum absolute atomic E-state index is 0.146. The molecule has 0 bridgehead atoms. The van der Waals surface area contributed by atoms with Gasteiger partial charge in [-0.25, -0.2) is 0 Å². The summed E-state index contributed by atoms with van der Waals surface area (Å²) in [6.07, 6.45) is -3.03. The number of aryl methyl sites for hydroxylation is 3. The molecule has 2 rings (SSSR count). The fourth-order valence-electron chi connectivity index (χ4n) is 3.41. The molecule has 8 heteroatoms. The molecule has 28 heavy (non-hydrogen) atoms. The first-order chi connectivity index (χ1) is 13.0. The number of ether oxygens (including phenoxy) is 1. The second-order valence-corrected chi connectivity index (χ2v) is 7.34. The molecular weight excluding hydrogens is 373 g/mol. The summed E-state index contributed by atoms with van der Waals surface area (Å²) in [5.41, 5.74) is -0.583. The third-order valence-electron chi connectivity index (χ3n) is 4.75. The molecule has 1 atom stereocenters. The summed E-state index contributed by atoms with van der Waals surface area (Å²) in [5, 5.41) is 14.2. The molecule has 0 saturated carbocycles. The van der Waals surface area contributed by atoms with Crippen molar-refractivity contribution in [1.29, 1.82) is 0 Å². The molecule has 0 aliphatic carbocycles. The SMILES string of the molecule is CCCCCC1=NN(C(=O)COc2c(C)cc(C)cc2C)[C@](O)(C(F)(F)F)C1. The summed E-state index contributed by atoms with van der Waals surface area (Å²) in [6, 6.07) is 3.72. The maximum absolute atomic E-state index is 13.5. The molecule has 0 saturated heterocycles. The smallest absolute Gasteiger partial charge is 0.438 e. The van der Waals surface area contributed by atoms with E-state index in [2.05, 4.69) is 5.10 Å². The number of hydrogen-bond donors (Lipinski definition) is 1. The van der Waals surface area contributed by atoms with Gasteiger partial charge in [-0.15, -0.1) is 0 Å². The van der Waals surface area contributed by atoms with Gasteiger partial charge in [0.2, 0.25) is 0 Å². The van der Waals surface area contributed by atoms with Gasteiger partial charge in [-0.05, 0) is 44.7 Å². The second-order valence-electron chi connectivity index (χ2n) is 7.34. The number of nitrogens with zero attached hydrogens (tertiary/aromatic N) is 2. The lowest BCUT2D eigenvalue weighted by molar-refractivity contribution is -0.302. The number of unbranched alkanes of at least 4 members (excludes halogenated alkanes) is 2. The topological polar surface area (TPSA) is 62.1 Å². The van der Waals surface area contributed by atoms with Crippen molar-refractivity contribution < 1.29 is 27.8 Å². The van der Waals surface area contributed by atoms with Gasteiger partial charge in [-0.1, -0.05) is 37.5 Å². The van der Waals surface area contributed by atoms with Crippen molar-refractivity contribution in [2.45, 2.75) is 71.7 Å². The number of hydrazone groups is 1. The number of halogens is 3. The molecule has 1 aliphatic heterocycles. The van der Waals surface area contributed by atoms with Gasteiger partial charge in [0.05, 0.1) is 0 Å². The highest BCUT2D eigenvalue weighted by Gasteiger charge is 2.63. The summed E-state index contributed by atoms with van der Waals surface area (Å²) >= 11 is 0. The molecule has 1 amide bonds. The number of rotatable bonds is 7. The molecule has 0 radical (unpaired) electrons. The van der Waals surface area contributed by atoms with E-state index in [0.29, 0.717) is 18.6 Å². The summed E-state index contributed by atoms with van der Waals surface area (Å²) in [7, 11) is 0. The fraction of sp³-hybridized carbons (Fsp3) is 0.600. The summed E-state index contributed by atoms with van der Waals surface area (Å²) in [6.45, 7) is 6.84. The van der Waals surface area contributed by atoms with Crippen LogP contribution in [0.2, 0.25) is 0 Å². The van der Waals surface area contributed by atoms with E-state index in [4.69, 9.17) is 4.74 Å². The van der Waals surface area contributed by atoms with Crippen LogP contribution in [0.1, 0.15) is 55.7 Å². The van der Waals surface area contributed by atoms with Crippen LogP contribution in [0.4, 0.5) is 13.2 Å². The van der Waals surface area contributed by atoms with Gasteiger partial charge in [0.1, 0.15) is 5.75 Å². The third kappa shape index (κ3) is 4.66. The molecule has 1 aromatic carbocycles. The number of aliphatic hydroxyl groups is 1. The van der Waals surface area contributed by atoms with Crippen LogP contribution in [0.25, 0.3) is 0 Å². The lowest BCUT2D eigenvalue weighted by Crippen LogP contribution is -2.57. The number of carbonyl (C=O) groups excluding carboxylic acids is 1. The average Bonchev–Trinajstić information content (AvgIpc) is 2.92. The van der Waals surface area contributed by atoms with Crippen LogP contribution in [0, 0.1) is 20.8 Å². The Morgan fingerprint density at radius 2 is 1.86 bits per heavy atom. The Kier molecular flexibility index (Phi) is 6.75. The second kappa shape index (κ2) is 8.51. The van der Waals surface area contributed by atoms with E-state index >= 15 is 0 Å². The molecule has 1 aliphatic rings. The van der Waals surface area contributed by atoms with Crippen LogP contribution in [0.15, 0.2) is 17.2 Å². The first kappa shape index (κ1) is 22.2. The lowest BCUT2D eigenvalue weighted by atomic mass is 10.0. The van der Waals surface area contributed by atoms with Crippen molar-refractivity contribution in [3.8, 4) is 5.75 Å². The van der Waals surface area contributed by atoms with Gasteiger partial charge in [0.15, 0.2) is 6.61 Å². The van der Waals surface area contributed by atoms with Crippen molar-refractivity contribution in [3.63, 3.8) is 0 Å². The molecule has 156 valence electrons. The average molecular weight is 400 g/mol. The van der Waals surface area contributed by atoms with Gasteiger partial charge in [-0.2, -0.15) is 23.3 Å². The zero-order valence-electron chi connectivity index (χ0n) is 16.7. The summed E-state index contributed by atoms with van der Waals surface area (Å²) in [5.74, 6) is -0.592. The minimum Gasteiger partial charge on any atom is -0.483 e. The van der Waals surface area contributed by atoms with Crippen molar-refractivity contribution in [1.82, 2.24) is 5.01 Å². The van der Waals surface area contributed by atoms with Crippen LogP contribution in [-0.2, 0) is 4.79 Å². The van der Waals surface area contributed by atoms with E-state index in [1.807, 2.05) is 26.0 Å². The summed E-state index contributed by atoms with van der Waals surface area (Å²) in [4.78, 5) is 12.5. The van der Waals surface area contributed by atoms with E-state index in [-0.39, 0.29) is 10.7 Å². The Labute approximate surface area is 163 Å². The van der Waals surface area contributed by atoms with Gasteiger partial charge in [0, 0.05) is 12.1 Å². The maximum atomic E-state index is 13.5. The number of benzene rings is 1. The van der Waals surface area contributed by atoms with Crippen LogP contribution in [0.5, 0.6) is 5.75 Å². The number of alkyl halides is 3. The molecule has 0 aromatic heterocycles. The molecule has 0 spiro atoms. The largest absolute Gasteiger partial charge is 0.483 e. The highest BCUT2D eigenvalue weighted by Crippen LogP contribution is 2.41. The number of carbonyl (C=O) groups is 1. The monoisotopic (exact) mass is 400 g/mol. The molecular formula is C20H27F3N2O3. The van der Waals surface area contributed by atoms with Crippen LogP contribution < -0.4 is 4.74 Å². The van der Waals surface area contributed by atoms with Gasteiger partial charge < -0.3 is 9.84 Å².